The number of unbranched alkanes of at least 4 members (excludes halogenated alkanes) is 11. The molecular weight excluding hydrogens is 279 g/mol. The van der Waals surface area contributed by atoms with Gasteiger partial charge in [-0.05, 0) is 12.6 Å². The molecule has 0 radical (unpaired) electrons. The first-order valence-electron chi connectivity index (χ1n) is 9.36. The first-order valence-corrected chi connectivity index (χ1v) is 11.6. The summed E-state index contributed by atoms with van der Waals surface area (Å²) < 4.78 is 12.3. The molecule has 3 heteroatoms. The third-order valence-corrected chi connectivity index (χ3v) is 7.80. The second kappa shape index (κ2) is 15.1. The van der Waals surface area contributed by atoms with Crippen LogP contribution in [0.2, 0.25) is 0 Å². The highest BCUT2D eigenvalue weighted by Gasteiger charge is 2.17. The van der Waals surface area contributed by atoms with Crippen LogP contribution in [0, 0.1) is 0 Å². The van der Waals surface area contributed by atoms with Crippen molar-refractivity contribution in [2.45, 2.75) is 90.9 Å². The Hall–Kier alpha value is 0.190. The highest BCUT2D eigenvalue weighted by atomic mass is 31.2. The van der Waals surface area contributed by atoms with Crippen LogP contribution >= 0.6 is 7.14 Å². The van der Waals surface area contributed by atoms with Crippen molar-refractivity contribution in [2.75, 3.05) is 25.1 Å². The van der Waals surface area contributed by atoms with Crippen LogP contribution in [0.3, 0.4) is 0 Å². The lowest BCUT2D eigenvalue weighted by molar-refractivity contribution is 0.319. The van der Waals surface area contributed by atoms with Gasteiger partial charge in [0.15, 0.2) is 0 Å². The maximum atomic E-state index is 12.3. The lowest BCUT2D eigenvalue weighted by Crippen LogP contribution is -2.02. The Morgan fingerprint density at radius 3 is 1.48 bits per heavy atom. The van der Waals surface area contributed by atoms with E-state index in [0.29, 0.717) is 6.16 Å². The van der Waals surface area contributed by atoms with Crippen LogP contribution in [-0.4, -0.2) is 30.2 Å². The maximum Gasteiger partial charge on any atom is 0.0897 e. The number of aliphatic hydroxyl groups excluding tert-OH is 1. The molecule has 21 heavy (non-hydrogen) atoms. The minimum Gasteiger partial charge on any atom is -0.396 e. The zero-order valence-corrected chi connectivity index (χ0v) is 15.5. The van der Waals surface area contributed by atoms with Crippen LogP contribution in [0.4, 0.5) is 0 Å². The molecule has 0 spiro atoms. The number of aliphatic hydroxyl groups is 1. The molecule has 0 saturated carbocycles. The van der Waals surface area contributed by atoms with Gasteiger partial charge in [0, 0.05) is 18.9 Å². The number of hydrogen-bond donors (Lipinski definition) is 1. The fourth-order valence-corrected chi connectivity index (χ4v) is 4.87. The Balaban J connectivity index is 3.27. The van der Waals surface area contributed by atoms with Gasteiger partial charge in [-0.25, -0.2) is 0 Å². The molecule has 1 unspecified atom stereocenters. The second-order valence-corrected chi connectivity index (χ2v) is 10.1. The van der Waals surface area contributed by atoms with Gasteiger partial charge in [0.1, 0.15) is 0 Å². The largest absolute Gasteiger partial charge is 0.396 e. The summed E-state index contributed by atoms with van der Waals surface area (Å²) in [6, 6.07) is 0. The average Bonchev–Trinajstić information content (AvgIpc) is 2.48. The first-order chi connectivity index (χ1) is 10.2. The first kappa shape index (κ1) is 21.2. The normalized spacial score (nSPS) is 14.2. The van der Waals surface area contributed by atoms with Crippen molar-refractivity contribution < 1.29 is 9.67 Å². The van der Waals surface area contributed by atoms with E-state index in [-0.39, 0.29) is 6.61 Å². The molecule has 0 aliphatic heterocycles. The molecule has 2 nitrogen and oxygen atoms in total. The van der Waals surface area contributed by atoms with E-state index in [2.05, 4.69) is 6.92 Å². The highest BCUT2D eigenvalue weighted by molar-refractivity contribution is 7.63. The summed E-state index contributed by atoms with van der Waals surface area (Å²) in [7, 11) is -2.03. The summed E-state index contributed by atoms with van der Waals surface area (Å²) in [5.41, 5.74) is 0. The number of hydrogen-bond acceptors (Lipinski definition) is 2. The topological polar surface area (TPSA) is 37.3 Å². The van der Waals surface area contributed by atoms with Gasteiger partial charge in [-0.3, -0.25) is 0 Å². The monoisotopic (exact) mass is 318 g/mol. The zero-order valence-electron chi connectivity index (χ0n) is 14.6. The van der Waals surface area contributed by atoms with E-state index in [4.69, 9.17) is 5.11 Å². The molecule has 0 heterocycles. The van der Waals surface area contributed by atoms with Gasteiger partial charge in [-0.15, -0.1) is 0 Å². The van der Waals surface area contributed by atoms with E-state index in [0.717, 1.165) is 18.7 Å². The van der Waals surface area contributed by atoms with Gasteiger partial charge >= 0.3 is 0 Å². The molecule has 0 aromatic rings. The highest BCUT2D eigenvalue weighted by Crippen LogP contribution is 2.45. The summed E-state index contributed by atoms with van der Waals surface area (Å²) >= 11 is 0. The van der Waals surface area contributed by atoms with Crippen LogP contribution in [0.15, 0.2) is 0 Å². The summed E-state index contributed by atoms with van der Waals surface area (Å²) in [6.07, 6.45) is 18.2. The predicted octanol–water partition coefficient (Wildman–Crippen LogP) is 6.06. The van der Waals surface area contributed by atoms with Crippen molar-refractivity contribution in [3.8, 4) is 0 Å². The van der Waals surface area contributed by atoms with Crippen LogP contribution in [0.25, 0.3) is 0 Å². The molecule has 0 fully saturated rings. The van der Waals surface area contributed by atoms with Crippen molar-refractivity contribution in [3.63, 3.8) is 0 Å². The Morgan fingerprint density at radius 1 is 0.667 bits per heavy atom. The Morgan fingerprint density at radius 2 is 1.10 bits per heavy atom. The third-order valence-electron chi connectivity index (χ3n) is 4.50. The van der Waals surface area contributed by atoms with Crippen molar-refractivity contribution in [3.05, 3.63) is 0 Å². The third kappa shape index (κ3) is 13.6. The van der Waals surface area contributed by atoms with Gasteiger partial charge in [0.25, 0.3) is 0 Å². The predicted molar refractivity (Wildman–Crippen MR) is 96.0 cm³/mol. The Labute approximate surface area is 133 Å². The lowest BCUT2D eigenvalue weighted by Gasteiger charge is -2.14. The van der Waals surface area contributed by atoms with E-state index in [1.165, 1.54) is 70.6 Å². The molecule has 0 aromatic carbocycles. The standard InChI is InChI=1S/C18H39O2P/c1-3-5-6-7-8-9-10-11-12-13-14-15-17-21(20,4-2)18-16-19/h19H,3-18H2,1-2H3. The quantitative estimate of drug-likeness (QED) is 0.277. The molecule has 0 aromatic heterocycles. The Kier molecular flexibility index (Phi) is 15.2. The van der Waals surface area contributed by atoms with Gasteiger partial charge in [0.2, 0.25) is 0 Å². The smallest absolute Gasteiger partial charge is 0.0897 e. The van der Waals surface area contributed by atoms with E-state index in [9.17, 15) is 4.57 Å². The van der Waals surface area contributed by atoms with Crippen molar-refractivity contribution in [1.29, 1.82) is 0 Å². The van der Waals surface area contributed by atoms with Gasteiger partial charge in [-0.2, -0.15) is 0 Å². The molecule has 1 atom stereocenters. The van der Waals surface area contributed by atoms with Crippen molar-refractivity contribution >= 4 is 7.14 Å². The summed E-state index contributed by atoms with van der Waals surface area (Å²) in [5.74, 6) is 0. The van der Waals surface area contributed by atoms with Gasteiger partial charge in [-0.1, -0.05) is 84.5 Å². The molecule has 0 amide bonds. The summed E-state index contributed by atoms with van der Waals surface area (Å²) in [5, 5.41) is 8.95. The fourth-order valence-electron chi connectivity index (χ4n) is 2.85. The molecule has 0 saturated heterocycles. The zero-order chi connectivity index (χ0) is 15.8. The van der Waals surface area contributed by atoms with Crippen LogP contribution in [-0.2, 0) is 4.57 Å². The Bertz CT molecular complexity index is 254. The van der Waals surface area contributed by atoms with E-state index >= 15 is 0 Å². The summed E-state index contributed by atoms with van der Waals surface area (Å²) in [4.78, 5) is 0. The SMILES string of the molecule is CCCCCCCCCCCCCCP(=O)(CC)CCO. The van der Waals surface area contributed by atoms with Gasteiger partial charge < -0.3 is 9.67 Å². The number of rotatable bonds is 16. The van der Waals surface area contributed by atoms with Crippen molar-refractivity contribution in [1.82, 2.24) is 0 Å². The van der Waals surface area contributed by atoms with Crippen LogP contribution < -0.4 is 0 Å². The maximum absolute atomic E-state index is 12.3. The van der Waals surface area contributed by atoms with Crippen LogP contribution in [0.5, 0.6) is 0 Å². The van der Waals surface area contributed by atoms with Gasteiger partial charge in [0.05, 0.1) is 7.14 Å². The van der Waals surface area contributed by atoms with E-state index in [1.807, 2.05) is 6.92 Å². The molecule has 1 N–H and O–H groups in total. The molecule has 0 rings (SSSR count). The molecule has 128 valence electrons. The fraction of sp³-hybridized carbons (Fsp3) is 1.00. The molecular formula is C18H39O2P. The van der Waals surface area contributed by atoms with Crippen molar-refractivity contribution in [2.24, 2.45) is 0 Å². The van der Waals surface area contributed by atoms with E-state index in [1.54, 1.807) is 0 Å². The average molecular weight is 318 g/mol. The minimum absolute atomic E-state index is 0.0867. The van der Waals surface area contributed by atoms with Crippen LogP contribution in [0.1, 0.15) is 90.9 Å². The molecule has 0 bridgehead atoms. The molecule has 0 aliphatic carbocycles. The molecule has 0 aliphatic rings. The minimum atomic E-state index is -2.03. The lowest BCUT2D eigenvalue weighted by atomic mass is 10.1. The summed E-state index contributed by atoms with van der Waals surface area (Å²) in [6.45, 7) is 4.35. The second-order valence-electron chi connectivity index (χ2n) is 6.43. The van der Waals surface area contributed by atoms with E-state index < -0.39 is 7.14 Å².